The summed E-state index contributed by atoms with van der Waals surface area (Å²) in [7, 11) is 0. The van der Waals surface area contributed by atoms with Gasteiger partial charge in [0.15, 0.2) is 6.20 Å². The second kappa shape index (κ2) is 2.58. The maximum absolute atomic E-state index is 11.1. The van der Waals surface area contributed by atoms with Gasteiger partial charge in [-0.3, -0.25) is 10.1 Å². The van der Waals surface area contributed by atoms with Gasteiger partial charge in [-0.25, -0.2) is 0 Å². The Morgan fingerprint density at radius 1 is 1.62 bits per heavy atom. The van der Waals surface area contributed by atoms with E-state index in [1.165, 1.54) is 0 Å². The van der Waals surface area contributed by atoms with Crippen LogP contribution in [0.3, 0.4) is 0 Å². The summed E-state index contributed by atoms with van der Waals surface area (Å²) in [5, 5.41) is 21.6. The Bertz CT molecular complexity index is 377. The number of aromatic nitrogens is 1. The lowest BCUT2D eigenvalue weighted by Crippen LogP contribution is -2.30. The van der Waals surface area contributed by atoms with Crippen molar-refractivity contribution in [3.05, 3.63) is 33.3 Å². The molecule has 0 atom stereocenters. The molecule has 13 heavy (non-hydrogen) atoms. The van der Waals surface area contributed by atoms with Crippen molar-refractivity contribution in [3.8, 4) is 5.75 Å². The molecule has 0 fully saturated rings. The molecule has 1 aromatic heterocycles. The van der Waals surface area contributed by atoms with E-state index in [4.69, 9.17) is 4.74 Å². The SMILES string of the molecule is O=[N+]([O-])c1cc[n+]([O-])c2c1OCC2. The minimum Gasteiger partial charge on any atom is -0.618 e. The first-order chi connectivity index (χ1) is 6.20. The van der Waals surface area contributed by atoms with Gasteiger partial charge in [-0.15, -0.1) is 0 Å². The van der Waals surface area contributed by atoms with Gasteiger partial charge in [0.05, 0.1) is 24.0 Å². The average Bonchev–Trinajstić information content (AvgIpc) is 2.53. The molecule has 68 valence electrons. The molecule has 0 aliphatic carbocycles. The van der Waals surface area contributed by atoms with Crippen molar-refractivity contribution in [2.45, 2.75) is 6.42 Å². The number of nitro groups is 1. The number of hydrogen-bond acceptors (Lipinski definition) is 4. The highest BCUT2D eigenvalue weighted by Crippen LogP contribution is 2.32. The number of ether oxygens (including phenoxy) is 1. The molecule has 1 aromatic rings. The molecular formula is C7H6N2O4. The van der Waals surface area contributed by atoms with Crippen molar-refractivity contribution in [3.63, 3.8) is 0 Å². The molecule has 0 bridgehead atoms. The van der Waals surface area contributed by atoms with Gasteiger partial charge >= 0.3 is 5.69 Å². The first kappa shape index (κ1) is 7.78. The third kappa shape index (κ3) is 1.07. The second-order valence-corrected chi connectivity index (χ2v) is 2.66. The van der Waals surface area contributed by atoms with Crippen molar-refractivity contribution in [2.24, 2.45) is 0 Å². The zero-order valence-corrected chi connectivity index (χ0v) is 6.60. The number of nitrogens with zero attached hydrogens (tertiary/aromatic N) is 2. The van der Waals surface area contributed by atoms with Crippen LogP contribution in [0.5, 0.6) is 5.75 Å². The zero-order valence-electron chi connectivity index (χ0n) is 6.60. The molecule has 0 aromatic carbocycles. The lowest BCUT2D eigenvalue weighted by Gasteiger charge is -2.01. The number of hydrogen-bond donors (Lipinski definition) is 0. The Kier molecular flexibility index (Phi) is 1.54. The van der Waals surface area contributed by atoms with Crippen LogP contribution in [0.15, 0.2) is 12.3 Å². The number of pyridine rings is 1. The van der Waals surface area contributed by atoms with E-state index in [9.17, 15) is 15.3 Å². The lowest BCUT2D eigenvalue weighted by molar-refractivity contribution is -0.613. The Labute approximate surface area is 73.1 Å². The summed E-state index contributed by atoms with van der Waals surface area (Å²) in [6.07, 6.45) is 1.56. The molecule has 0 N–H and O–H groups in total. The van der Waals surface area contributed by atoms with Crippen LogP contribution >= 0.6 is 0 Å². The Balaban J connectivity index is 2.62. The molecule has 0 saturated heterocycles. The smallest absolute Gasteiger partial charge is 0.323 e. The van der Waals surface area contributed by atoms with Gasteiger partial charge in [0.25, 0.3) is 5.75 Å². The molecule has 1 aliphatic rings. The zero-order chi connectivity index (χ0) is 9.42. The fourth-order valence-electron chi connectivity index (χ4n) is 1.33. The van der Waals surface area contributed by atoms with E-state index < -0.39 is 4.92 Å². The van der Waals surface area contributed by atoms with E-state index >= 15 is 0 Å². The van der Waals surface area contributed by atoms with Crippen LogP contribution in [0.2, 0.25) is 0 Å². The van der Waals surface area contributed by atoms with Gasteiger partial charge in [-0.05, 0) is 0 Å². The molecule has 1 aliphatic heterocycles. The molecule has 0 radical (unpaired) electrons. The summed E-state index contributed by atoms with van der Waals surface area (Å²) in [5.41, 5.74) is 0.203. The average molecular weight is 182 g/mol. The van der Waals surface area contributed by atoms with Gasteiger partial charge in [0.2, 0.25) is 5.69 Å². The predicted octanol–water partition coefficient (Wildman–Crippen LogP) is 0.163. The molecule has 6 nitrogen and oxygen atoms in total. The summed E-state index contributed by atoms with van der Waals surface area (Å²) >= 11 is 0. The molecular weight excluding hydrogens is 176 g/mol. The van der Waals surface area contributed by atoms with Crippen molar-refractivity contribution in [1.29, 1.82) is 0 Å². The van der Waals surface area contributed by atoms with E-state index in [1.54, 1.807) is 0 Å². The minimum absolute atomic E-state index is 0.113. The first-order valence-electron chi connectivity index (χ1n) is 3.72. The Morgan fingerprint density at radius 2 is 2.38 bits per heavy atom. The monoisotopic (exact) mass is 182 g/mol. The fraction of sp³-hybridized carbons (Fsp3) is 0.286. The van der Waals surface area contributed by atoms with Crippen molar-refractivity contribution >= 4 is 5.69 Å². The van der Waals surface area contributed by atoms with Gasteiger partial charge in [-0.1, -0.05) is 0 Å². The van der Waals surface area contributed by atoms with Crippen molar-refractivity contribution in [1.82, 2.24) is 0 Å². The van der Waals surface area contributed by atoms with Crippen LogP contribution in [0, 0.1) is 15.3 Å². The Morgan fingerprint density at radius 3 is 3.08 bits per heavy atom. The largest absolute Gasteiger partial charge is 0.618 e. The van der Waals surface area contributed by atoms with Crippen LogP contribution < -0.4 is 9.47 Å². The highest BCUT2D eigenvalue weighted by atomic mass is 16.6. The summed E-state index contributed by atoms with van der Waals surface area (Å²) in [5.74, 6) is 0.113. The maximum Gasteiger partial charge on any atom is 0.323 e. The maximum atomic E-state index is 11.1. The van der Waals surface area contributed by atoms with Crippen LogP contribution in [-0.2, 0) is 6.42 Å². The van der Waals surface area contributed by atoms with Gasteiger partial charge in [-0.2, -0.15) is 4.73 Å². The van der Waals surface area contributed by atoms with E-state index in [-0.39, 0.29) is 11.4 Å². The van der Waals surface area contributed by atoms with E-state index in [0.717, 1.165) is 12.3 Å². The molecule has 0 spiro atoms. The molecule has 0 saturated carbocycles. The van der Waals surface area contributed by atoms with Gasteiger partial charge in [0.1, 0.15) is 0 Å². The third-order valence-corrected chi connectivity index (χ3v) is 1.91. The van der Waals surface area contributed by atoms with Gasteiger partial charge in [0, 0.05) is 0 Å². The standard InChI is InChI=1S/C7H6N2O4/c10-8-3-1-6(9(11)12)7-5(8)2-4-13-7/h1,3H,2,4H2. The van der Waals surface area contributed by atoms with Crippen LogP contribution in [0.4, 0.5) is 5.69 Å². The van der Waals surface area contributed by atoms with E-state index in [2.05, 4.69) is 0 Å². The van der Waals surface area contributed by atoms with E-state index in [0.29, 0.717) is 23.5 Å². The highest BCUT2D eigenvalue weighted by molar-refractivity contribution is 5.48. The van der Waals surface area contributed by atoms with Crippen LogP contribution in [0.25, 0.3) is 0 Å². The summed E-state index contributed by atoms with van der Waals surface area (Å²) in [4.78, 5) is 9.93. The molecule has 6 heteroatoms. The normalized spacial score (nSPS) is 13.5. The summed E-state index contributed by atoms with van der Waals surface area (Å²) < 4.78 is 5.62. The molecule has 0 unspecified atom stereocenters. The van der Waals surface area contributed by atoms with Crippen molar-refractivity contribution < 1.29 is 14.4 Å². The van der Waals surface area contributed by atoms with Gasteiger partial charge < -0.3 is 9.94 Å². The molecule has 2 heterocycles. The number of rotatable bonds is 1. The lowest BCUT2D eigenvalue weighted by atomic mass is 10.2. The summed E-state index contributed by atoms with van der Waals surface area (Å²) in [6, 6.07) is 1.15. The van der Waals surface area contributed by atoms with Crippen LogP contribution in [-0.4, -0.2) is 11.5 Å². The second-order valence-electron chi connectivity index (χ2n) is 2.66. The first-order valence-corrected chi connectivity index (χ1v) is 3.72. The third-order valence-electron chi connectivity index (χ3n) is 1.91. The number of fused-ring (bicyclic) bond motifs is 1. The summed E-state index contributed by atoms with van der Waals surface area (Å²) in [6.45, 7) is 0.336. The topological polar surface area (TPSA) is 79.3 Å². The van der Waals surface area contributed by atoms with Crippen molar-refractivity contribution in [2.75, 3.05) is 6.61 Å². The highest BCUT2D eigenvalue weighted by Gasteiger charge is 2.30. The molecule has 0 amide bonds. The predicted molar refractivity (Wildman–Crippen MR) is 41.3 cm³/mol. The molecule has 2 rings (SSSR count). The van der Waals surface area contributed by atoms with Crippen LogP contribution in [0.1, 0.15) is 5.69 Å². The quantitative estimate of drug-likeness (QED) is 0.268. The Hall–Kier alpha value is -1.85. The minimum atomic E-state index is -0.551. The van der Waals surface area contributed by atoms with E-state index in [1.807, 2.05) is 0 Å². The fourth-order valence-corrected chi connectivity index (χ4v) is 1.33.